The van der Waals surface area contributed by atoms with Crippen LogP contribution in [0.15, 0.2) is 12.7 Å². The quantitative estimate of drug-likeness (QED) is 0.428. The van der Waals surface area contributed by atoms with E-state index in [0.717, 1.165) is 0 Å². The van der Waals surface area contributed by atoms with Gasteiger partial charge in [0.25, 0.3) is 0 Å². The molecule has 2 heteroatoms. The molecule has 0 bridgehead atoms. The Morgan fingerprint density at radius 2 is 2.12 bits per heavy atom. The molecule has 0 aromatic rings. The Bertz CT molecular complexity index is 54.5. The molecule has 1 atom stereocenters. The van der Waals surface area contributed by atoms with Gasteiger partial charge in [0, 0.05) is 0 Å². The third-order valence-corrected chi connectivity index (χ3v) is 0.772. The van der Waals surface area contributed by atoms with Crippen LogP contribution in [0.2, 0.25) is 0 Å². The van der Waals surface area contributed by atoms with Gasteiger partial charge in [-0.15, -0.1) is 6.58 Å². The molecule has 1 nitrogen and oxygen atoms in total. The van der Waals surface area contributed by atoms with E-state index in [4.69, 9.17) is 5.11 Å². The van der Waals surface area contributed by atoms with Gasteiger partial charge in [-0.1, -0.05) is 13.0 Å². The zero-order valence-electron chi connectivity index (χ0n) is 4.43. The molecule has 0 aliphatic rings. The fraction of sp³-hybridized carbons (Fsp3) is 0.500. The Morgan fingerprint density at radius 3 is 2.25 bits per heavy atom. The van der Waals surface area contributed by atoms with Crippen molar-refractivity contribution < 1.29 is 5.11 Å². The van der Waals surface area contributed by atoms with Crippen LogP contribution >= 0.6 is 0 Å². The number of hydrogen-bond acceptors (Lipinski definition) is 1. The zero-order valence-corrected chi connectivity index (χ0v) is 4.43. The summed E-state index contributed by atoms with van der Waals surface area (Å²) in [4.78, 5) is 0. The Kier molecular flexibility index (Phi) is 11.1. The van der Waals surface area contributed by atoms with Crippen molar-refractivity contribution in [2.75, 3.05) is 0 Å². The second kappa shape index (κ2) is 7.70. The summed E-state index contributed by atoms with van der Waals surface area (Å²) in [5, 5.41) is 8.72. The van der Waals surface area contributed by atoms with Crippen LogP contribution in [-0.2, 0) is 0 Å². The van der Waals surface area contributed by atoms with Crippen LogP contribution in [-0.4, -0.2) is 40.8 Å². The van der Waals surface area contributed by atoms with Crippen molar-refractivity contribution in [2.45, 2.75) is 18.9 Å². The van der Waals surface area contributed by atoms with Gasteiger partial charge in [-0.25, -0.2) is 0 Å². The molecule has 43 valence electrons. The molecule has 0 saturated heterocycles. The second-order valence-electron chi connectivity index (χ2n) is 1.47. The van der Waals surface area contributed by atoms with Crippen molar-refractivity contribution in [1.29, 1.82) is 0 Å². The molecule has 0 amide bonds. The first-order valence-corrected chi connectivity index (χ1v) is 2.39. The standard InChI is InChI=1S/C6H11O.Na.H/c1-3-5-6(7)4-2;;/h3,6-7H,1-2,4-5H2;;. The van der Waals surface area contributed by atoms with Crippen LogP contribution in [0.3, 0.4) is 0 Å². The van der Waals surface area contributed by atoms with Crippen LogP contribution in [0.4, 0.5) is 0 Å². The van der Waals surface area contributed by atoms with Gasteiger partial charge < -0.3 is 5.11 Å². The van der Waals surface area contributed by atoms with Crippen molar-refractivity contribution in [3.05, 3.63) is 19.6 Å². The fourth-order valence-electron chi connectivity index (χ4n) is 0.310. The molecule has 0 spiro atoms. The summed E-state index contributed by atoms with van der Waals surface area (Å²) in [6.45, 7) is 6.97. The summed E-state index contributed by atoms with van der Waals surface area (Å²) in [5.41, 5.74) is 0. The molecule has 0 rings (SSSR count). The monoisotopic (exact) mass is 123 g/mol. The van der Waals surface area contributed by atoms with Crippen molar-refractivity contribution >= 4 is 29.6 Å². The summed E-state index contributed by atoms with van der Waals surface area (Å²) in [6.07, 6.45) is 2.64. The van der Waals surface area contributed by atoms with E-state index >= 15 is 0 Å². The van der Waals surface area contributed by atoms with E-state index in [-0.39, 0.29) is 35.7 Å². The van der Waals surface area contributed by atoms with Crippen LogP contribution in [0, 0.1) is 6.92 Å². The molecule has 0 aromatic carbocycles. The van der Waals surface area contributed by atoms with Gasteiger partial charge in [-0.2, -0.15) is 0 Å². The van der Waals surface area contributed by atoms with Gasteiger partial charge in [0.05, 0.1) is 6.10 Å². The third kappa shape index (κ3) is 6.70. The summed E-state index contributed by atoms with van der Waals surface area (Å²) >= 11 is 0. The van der Waals surface area contributed by atoms with E-state index in [9.17, 15) is 0 Å². The average Bonchev–Trinajstić information content (AvgIpc) is 1.68. The van der Waals surface area contributed by atoms with Gasteiger partial charge in [0.2, 0.25) is 0 Å². The normalized spacial score (nSPS) is 11.8. The maximum absolute atomic E-state index is 8.72. The Labute approximate surface area is 73.1 Å². The molecular weight excluding hydrogens is 111 g/mol. The van der Waals surface area contributed by atoms with Crippen LogP contribution in [0.5, 0.6) is 0 Å². The van der Waals surface area contributed by atoms with Gasteiger partial charge >= 0.3 is 29.6 Å². The molecule has 0 saturated carbocycles. The first-order chi connectivity index (χ1) is 3.31. The molecule has 0 heterocycles. The molecule has 1 unspecified atom stereocenters. The Balaban J connectivity index is 0. The van der Waals surface area contributed by atoms with E-state index < -0.39 is 0 Å². The Morgan fingerprint density at radius 1 is 1.62 bits per heavy atom. The van der Waals surface area contributed by atoms with E-state index in [1.54, 1.807) is 6.08 Å². The van der Waals surface area contributed by atoms with Gasteiger partial charge in [-0.3, -0.25) is 0 Å². The van der Waals surface area contributed by atoms with Crippen molar-refractivity contribution in [3.63, 3.8) is 0 Å². The molecule has 1 N–H and O–H groups in total. The van der Waals surface area contributed by atoms with E-state index in [0.29, 0.717) is 12.8 Å². The third-order valence-electron chi connectivity index (χ3n) is 0.772. The van der Waals surface area contributed by atoms with Crippen LogP contribution in [0.1, 0.15) is 12.8 Å². The molecular formula is C6H12NaO. The number of rotatable bonds is 3. The SMILES string of the molecule is [CH2]CC(O)CC=C.[NaH]. The maximum atomic E-state index is 8.72. The molecule has 0 aliphatic carbocycles. The minimum absolute atomic E-state index is 0. The number of aliphatic hydroxyl groups excluding tert-OH is 1. The number of hydrogen-bond donors (Lipinski definition) is 1. The molecule has 1 radical (unpaired) electrons. The van der Waals surface area contributed by atoms with Gasteiger partial charge in [-0.05, 0) is 12.8 Å². The summed E-state index contributed by atoms with van der Waals surface area (Å²) < 4.78 is 0. The summed E-state index contributed by atoms with van der Waals surface area (Å²) in [6, 6.07) is 0. The zero-order chi connectivity index (χ0) is 5.70. The molecule has 8 heavy (non-hydrogen) atoms. The fourth-order valence-corrected chi connectivity index (χ4v) is 0.310. The number of aliphatic hydroxyl groups is 1. The van der Waals surface area contributed by atoms with Gasteiger partial charge in [0.1, 0.15) is 0 Å². The predicted octanol–water partition coefficient (Wildman–Crippen LogP) is 0.499. The first kappa shape index (κ1) is 11.5. The van der Waals surface area contributed by atoms with E-state index in [1.165, 1.54) is 0 Å². The first-order valence-electron chi connectivity index (χ1n) is 2.39. The van der Waals surface area contributed by atoms with Crippen LogP contribution < -0.4 is 0 Å². The molecule has 0 aliphatic heterocycles. The van der Waals surface area contributed by atoms with E-state index in [2.05, 4.69) is 13.5 Å². The average molecular weight is 123 g/mol. The molecule has 0 fully saturated rings. The Hall–Kier alpha value is 0.700. The summed E-state index contributed by atoms with van der Waals surface area (Å²) in [7, 11) is 0. The predicted molar refractivity (Wildman–Crippen MR) is 37.9 cm³/mol. The van der Waals surface area contributed by atoms with Crippen LogP contribution in [0.25, 0.3) is 0 Å². The minimum atomic E-state index is -0.280. The van der Waals surface area contributed by atoms with Crippen molar-refractivity contribution in [1.82, 2.24) is 0 Å². The molecule has 0 aromatic heterocycles. The summed E-state index contributed by atoms with van der Waals surface area (Å²) in [5.74, 6) is 0. The van der Waals surface area contributed by atoms with Crippen molar-refractivity contribution in [2.24, 2.45) is 0 Å². The van der Waals surface area contributed by atoms with Gasteiger partial charge in [0.15, 0.2) is 0 Å². The van der Waals surface area contributed by atoms with Crippen molar-refractivity contribution in [3.8, 4) is 0 Å². The topological polar surface area (TPSA) is 20.2 Å². The second-order valence-corrected chi connectivity index (χ2v) is 1.47. The van der Waals surface area contributed by atoms with E-state index in [1.807, 2.05) is 0 Å².